The molecule has 0 saturated heterocycles. The molecule has 2 rings (SSSR count). The molecule has 0 aliphatic rings. The maximum atomic E-state index is 6.01. The van der Waals surface area contributed by atoms with Gasteiger partial charge in [0, 0.05) is 18.4 Å². The van der Waals surface area contributed by atoms with E-state index >= 15 is 0 Å². The van der Waals surface area contributed by atoms with Crippen molar-refractivity contribution in [2.45, 2.75) is 0 Å². The van der Waals surface area contributed by atoms with Crippen LogP contribution in [-0.2, 0) is 0 Å². The molecular formula is C12H6Br3Cl. The molecular weight excluding hydrogens is 419 g/mol. The summed E-state index contributed by atoms with van der Waals surface area (Å²) in [6, 6.07) is 11.8. The van der Waals surface area contributed by atoms with Gasteiger partial charge in [-0.2, -0.15) is 0 Å². The van der Waals surface area contributed by atoms with Gasteiger partial charge in [-0.15, -0.1) is 0 Å². The lowest BCUT2D eigenvalue weighted by Gasteiger charge is -2.08. The van der Waals surface area contributed by atoms with Gasteiger partial charge in [0.1, 0.15) is 0 Å². The first-order valence-corrected chi connectivity index (χ1v) is 7.24. The van der Waals surface area contributed by atoms with Gasteiger partial charge >= 0.3 is 0 Å². The van der Waals surface area contributed by atoms with Crippen LogP contribution in [0.2, 0.25) is 5.02 Å². The molecule has 0 unspecified atom stereocenters. The van der Waals surface area contributed by atoms with Crippen molar-refractivity contribution < 1.29 is 0 Å². The van der Waals surface area contributed by atoms with Crippen molar-refractivity contribution in [1.29, 1.82) is 0 Å². The minimum atomic E-state index is 0.727. The van der Waals surface area contributed by atoms with Gasteiger partial charge in [-0.05, 0) is 47.5 Å². The van der Waals surface area contributed by atoms with Crippen LogP contribution in [0.15, 0.2) is 49.8 Å². The molecule has 0 aromatic heterocycles. The first kappa shape index (κ1) is 12.6. The highest BCUT2D eigenvalue weighted by Gasteiger charge is 2.08. The van der Waals surface area contributed by atoms with Crippen molar-refractivity contribution in [3.05, 3.63) is 54.8 Å². The Morgan fingerprint density at radius 1 is 0.750 bits per heavy atom. The summed E-state index contributed by atoms with van der Waals surface area (Å²) in [5.41, 5.74) is 2.17. The highest BCUT2D eigenvalue weighted by molar-refractivity contribution is 9.11. The third-order valence-corrected chi connectivity index (χ3v) is 4.26. The summed E-state index contributed by atoms with van der Waals surface area (Å²) in [5, 5.41) is 0.727. The van der Waals surface area contributed by atoms with Crippen LogP contribution in [0.5, 0.6) is 0 Å². The van der Waals surface area contributed by atoms with E-state index in [0.717, 1.165) is 29.6 Å². The van der Waals surface area contributed by atoms with Gasteiger partial charge < -0.3 is 0 Å². The van der Waals surface area contributed by atoms with Crippen molar-refractivity contribution >= 4 is 59.4 Å². The van der Waals surface area contributed by atoms with E-state index in [4.69, 9.17) is 11.6 Å². The molecule has 0 heterocycles. The van der Waals surface area contributed by atoms with E-state index in [2.05, 4.69) is 53.9 Å². The summed E-state index contributed by atoms with van der Waals surface area (Å²) in [4.78, 5) is 0. The fourth-order valence-corrected chi connectivity index (χ4v) is 2.86. The van der Waals surface area contributed by atoms with Crippen LogP contribution in [0.3, 0.4) is 0 Å². The predicted molar refractivity (Wildman–Crippen MR) is 80.0 cm³/mol. The summed E-state index contributed by atoms with van der Waals surface area (Å²) in [6.07, 6.45) is 0. The van der Waals surface area contributed by atoms with E-state index in [-0.39, 0.29) is 0 Å². The van der Waals surface area contributed by atoms with Crippen LogP contribution < -0.4 is 0 Å². The Bertz CT molecular complexity index is 488. The third kappa shape index (κ3) is 2.70. The quantitative estimate of drug-likeness (QED) is 0.504. The number of benzene rings is 2. The average molecular weight is 425 g/mol. The molecule has 16 heavy (non-hydrogen) atoms. The topological polar surface area (TPSA) is 0 Å². The first-order chi connectivity index (χ1) is 7.58. The standard InChI is InChI=1S/C12H6Br3Cl/c13-7-1-3-11(14)9(5-7)10-6-8(16)2-4-12(10)15/h1-6H. The second-order valence-electron chi connectivity index (χ2n) is 3.25. The summed E-state index contributed by atoms with van der Waals surface area (Å²) < 4.78 is 3.10. The maximum Gasteiger partial charge on any atom is 0.0412 e. The highest BCUT2D eigenvalue weighted by Crippen LogP contribution is 2.36. The largest absolute Gasteiger partial charge is 0.0843 e. The van der Waals surface area contributed by atoms with Gasteiger partial charge in [-0.3, -0.25) is 0 Å². The molecule has 0 saturated carbocycles. The second kappa shape index (κ2) is 5.21. The van der Waals surface area contributed by atoms with Gasteiger partial charge in [0.15, 0.2) is 0 Å². The molecule has 0 atom stereocenters. The third-order valence-electron chi connectivity index (χ3n) is 2.15. The zero-order valence-corrected chi connectivity index (χ0v) is 13.5. The number of hydrogen-bond acceptors (Lipinski definition) is 0. The molecule has 0 N–H and O–H groups in total. The zero-order chi connectivity index (χ0) is 11.7. The molecule has 0 radical (unpaired) electrons. The second-order valence-corrected chi connectivity index (χ2v) is 6.31. The van der Waals surface area contributed by atoms with Crippen molar-refractivity contribution in [2.24, 2.45) is 0 Å². The van der Waals surface area contributed by atoms with Crippen molar-refractivity contribution in [3.63, 3.8) is 0 Å². The Balaban J connectivity index is 2.66. The number of hydrogen-bond donors (Lipinski definition) is 0. The highest BCUT2D eigenvalue weighted by atomic mass is 79.9. The van der Waals surface area contributed by atoms with E-state index in [1.54, 1.807) is 0 Å². The fourth-order valence-electron chi connectivity index (χ4n) is 1.41. The van der Waals surface area contributed by atoms with E-state index < -0.39 is 0 Å². The summed E-state index contributed by atoms with van der Waals surface area (Å²) >= 11 is 16.6. The lowest BCUT2D eigenvalue weighted by Crippen LogP contribution is -1.82. The Morgan fingerprint density at radius 2 is 1.31 bits per heavy atom. The summed E-state index contributed by atoms with van der Waals surface area (Å²) in [5.74, 6) is 0. The van der Waals surface area contributed by atoms with Crippen LogP contribution in [0, 0.1) is 0 Å². The van der Waals surface area contributed by atoms with Crippen LogP contribution in [0.1, 0.15) is 0 Å². The Kier molecular flexibility index (Phi) is 4.11. The minimum absolute atomic E-state index is 0.727. The normalized spacial score (nSPS) is 10.5. The van der Waals surface area contributed by atoms with Crippen LogP contribution >= 0.6 is 59.4 Å². The summed E-state index contributed by atoms with van der Waals surface area (Å²) in [6.45, 7) is 0. The Hall–Kier alpha value is 0.170. The van der Waals surface area contributed by atoms with Crippen LogP contribution in [0.25, 0.3) is 11.1 Å². The molecule has 2 aromatic carbocycles. The molecule has 4 heteroatoms. The van der Waals surface area contributed by atoms with Gasteiger partial charge in [0.05, 0.1) is 0 Å². The Labute approximate surface area is 124 Å². The molecule has 0 nitrogen and oxygen atoms in total. The predicted octanol–water partition coefficient (Wildman–Crippen LogP) is 6.29. The molecule has 0 aliphatic carbocycles. The molecule has 82 valence electrons. The molecule has 0 amide bonds. The monoisotopic (exact) mass is 422 g/mol. The van der Waals surface area contributed by atoms with Crippen molar-refractivity contribution in [3.8, 4) is 11.1 Å². The molecule has 0 aliphatic heterocycles. The van der Waals surface area contributed by atoms with E-state index in [1.807, 2.05) is 30.3 Å². The average Bonchev–Trinajstić information content (AvgIpc) is 2.25. The number of halogens is 4. The maximum absolute atomic E-state index is 6.01. The SMILES string of the molecule is Clc1ccc(Br)c(-c2cc(Br)ccc2Br)c1. The molecule has 0 spiro atoms. The van der Waals surface area contributed by atoms with Gasteiger partial charge in [-0.25, -0.2) is 0 Å². The van der Waals surface area contributed by atoms with Gasteiger partial charge in [0.25, 0.3) is 0 Å². The molecule has 0 bridgehead atoms. The van der Waals surface area contributed by atoms with Crippen LogP contribution in [0.4, 0.5) is 0 Å². The zero-order valence-electron chi connectivity index (χ0n) is 7.98. The Morgan fingerprint density at radius 3 is 2.00 bits per heavy atom. The van der Waals surface area contributed by atoms with Gasteiger partial charge in [0.2, 0.25) is 0 Å². The number of rotatable bonds is 1. The smallest absolute Gasteiger partial charge is 0.0412 e. The molecule has 0 fully saturated rings. The minimum Gasteiger partial charge on any atom is -0.0843 e. The lowest BCUT2D eigenvalue weighted by molar-refractivity contribution is 1.54. The molecule has 2 aromatic rings. The lowest BCUT2D eigenvalue weighted by atomic mass is 10.1. The van der Waals surface area contributed by atoms with E-state index in [9.17, 15) is 0 Å². The summed E-state index contributed by atoms with van der Waals surface area (Å²) in [7, 11) is 0. The van der Waals surface area contributed by atoms with Crippen LogP contribution in [-0.4, -0.2) is 0 Å². The van der Waals surface area contributed by atoms with Gasteiger partial charge in [-0.1, -0.05) is 59.4 Å². The van der Waals surface area contributed by atoms with Crippen molar-refractivity contribution in [2.75, 3.05) is 0 Å². The van der Waals surface area contributed by atoms with Crippen molar-refractivity contribution in [1.82, 2.24) is 0 Å². The van der Waals surface area contributed by atoms with E-state index in [1.165, 1.54) is 0 Å². The van der Waals surface area contributed by atoms with E-state index in [0.29, 0.717) is 0 Å². The fraction of sp³-hybridized carbons (Fsp3) is 0. The first-order valence-electron chi connectivity index (χ1n) is 4.48.